The fourth-order valence-electron chi connectivity index (χ4n) is 3.74. The highest BCUT2D eigenvalue weighted by molar-refractivity contribution is 7.85. The zero-order valence-corrected chi connectivity index (χ0v) is 15.6. The monoisotopic (exact) mass is 362 g/mol. The van der Waals surface area contributed by atoms with Crippen molar-refractivity contribution in [2.24, 2.45) is 0 Å². The van der Waals surface area contributed by atoms with E-state index in [1.165, 1.54) is 11.1 Å². The number of fused-ring (bicyclic) bond motifs is 1. The van der Waals surface area contributed by atoms with Crippen LogP contribution in [0.2, 0.25) is 0 Å². The largest absolute Gasteiger partial charge is 0.339 e. The minimum Gasteiger partial charge on any atom is -0.339 e. The first-order chi connectivity index (χ1) is 12.1. The topological polar surface area (TPSA) is 57.7 Å². The van der Waals surface area contributed by atoms with Gasteiger partial charge in [0.1, 0.15) is 0 Å². The van der Waals surface area contributed by atoms with Crippen LogP contribution in [0.5, 0.6) is 0 Å². The lowest BCUT2D eigenvalue weighted by atomic mass is 9.91. The number of rotatable bonds is 4. The molecule has 1 aliphatic heterocycles. The highest BCUT2D eigenvalue weighted by Gasteiger charge is 2.27. The summed E-state index contributed by atoms with van der Waals surface area (Å²) < 4.78 is 12.8. The van der Waals surface area contributed by atoms with Crippen LogP contribution in [0.3, 0.4) is 0 Å². The van der Waals surface area contributed by atoms with Crippen molar-refractivity contribution in [3.05, 3.63) is 35.4 Å². The Morgan fingerprint density at radius 1 is 1.12 bits per heavy atom. The highest BCUT2D eigenvalue weighted by Crippen LogP contribution is 2.34. The zero-order valence-electron chi connectivity index (χ0n) is 14.8. The van der Waals surface area contributed by atoms with Gasteiger partial charge in [0.25, 0.3) is 0 Å². The Hall–Kier alpha value is -1.69. The summed E-state index contributed by atoms with van der Waals surface area (Å²) in [5, 5.41) is 0.0623. The summed E-state index contributed by atoms with van der Waals surface area (Å²) in [7, 11) is -1.02. The number of carbonyl (C=O) groups excluding carboxylic acids is 2. The lowest BCUT2D eigenvalue weighted by Gasteiger charge is -2.34. The van der Waals surface area contributed by atoms with Gasteiger partial charge in [0, 0.05) is 56.1 Å². The first-order valence-corrected chi connectivity index (χ1v) is 10.4. The third kappa shape index (κ3) is 4.29. The predicted molar refractivity (Wildman–Crippen MR) is 98.6 cm³/mol. The molecule has 1 aromatic carbocycles. The SMILES string of the molecule is CC(=O)N1CCN(C(=O)CCS(=O)C2CCCc3ccccc32)CC1. The molecule has 3 rings (SSSR count). The molecule has 0 radical (unpaired) electrons. The third-order valence-corrected chi connectivity index (χ3v) is 6.96. The number of aryl methyl sites for hydroxylation is 1. The smallest absolute Gasteiger partial charge is 0.223 e. The van der Waals surface area contributed by atoms with Gasteiger partial charge in [-0.1, -0.05) is 24.3 Å². The van der Waals surface area contributed by atoms with Crippen molar-refractivity contribution in [2.45, 2.75) is 37.9 Å². The number of carbonyl (C=O) groups is 2. The van der Waals surface area contributed by atoms with Crippen molar-refractivity contribution in [3.63, 3.8) is 0 Å². The summed E-state index contributed by atoms with van der Waals surface area (Å²) in [6.07, 6.45) is 3.39. The van der Waals surface area contributed by atoms with E-state index in [2.05, 4.69) is 12.1 Å². The molecular formula is C19H26N2O3S. The van der Waals surface area contributed by atoms with Crippen LogP contribution in [-0.4, -0.2) is 57.8 Å². The molecule has 2 amide bonds. The van der Waals surface area contributed by atoms with Crippen LogP contribution in [0, 0.1) is 0 Å². The molecule has 2 aliphatic rings. The molecule has 0 saturated carbocycles. The first kappa shape index (κ1) is 18.1. The second-order valence-corrected chi connectivity index (χ2v) is 8.54. The quantitative estimate of drug-likeness (QED) is 0.822. The average molecular weight is 362 g/mol. The predicted octanol–water partition coefficient (Wildman–Crippen LogP) is 1.89. The standard InChI is InChI=1S/C19H26N2O3S/c1-15(22)20-10-12-21(13-11-20)19(23)9-14-25(24)18-8-4-6-16-5-2-3-7-17(16)18/h2-3,5,7,18H,4,6,8-14H2,1H3. The van der Waals surface area contributed by atoms with E-state index in [-0.39, 0.29) is 17.1 Å². The van der Waals surface area contributed by atoms with E-state index in [0.717, 1.165) is 19.3 Å². The molecule has 1 aliphatic carbocycles. The highest BCUT2D eigenvalue weighted by atomic mass is 32.2. The molecule has 0 bridgehead atoms. The summed E-state index contributed by atoms with van der Waals surface area (Å²) >= 11 is 0. The van der Waals surface area contributed by atoms with Gasteiger partial charge in [-0.3, -0.25) is 13.8 Å². The number of benzene rings is 1. The summed E-state index contributed by atoms with van der Waals surface area (Å²) in [6.45, 7) is 3.91. The summed E-state index contributed by atoms with van der Waals surface area (Å²) in [4.78, 5) is 27.3. The summed E-state index contributed by atoms with van der Waals surface area (Å²) in [5.41, 5.74) is 2.51. The summed E-state index contributed by atoms with van der Waals surface area (Å²) in [5.74, 6) is 0.537. The molecule has 2 unspecified atom stereocenters. The van der Waals surface area contributed by atoms with Crippen LogP contribution in [0.15, 0.2) is 24.3 Å². The zero-order chi connectivity index (χ0) is 17.8. The van der Waals surface area contributed by atoms with Crippen LogP contribution in [0.4, 0.5) is 0 Å². The maximum Gasteiger partial charge on any atom is 0.223 e. The molecule has 1 heterocycles. The van der Waals surface area contributed by atoms with Crippen LogP contribution < -0.4 is 0 Å². The van der Waals surface area contributed by atoms with E-state index in [4.69, 9.17) is 0 Å². The molecule has 1 aromatic rings. The molecule has 0 N–H and O–H groups in total. The molecule has 2 atom stereocenters. The third-order valence-electron chi connectivity index (χ3n) is 5.23. The van der Waals surface area contributed by atoms with E-state index in [0.29, 0.717) is 38.4 Å². The van der Waals surface area contributed by atoms with E-state index >= 15 is 0 Å². The minimum absolute atomic E-state index is 0.0562. The number of nitrogens with zero attached hydrogens (tertiary/aromatic N) is 2. The molecule has 0 aromatic heterocycles. The van der Waals surface area contributed by atoms with Crippen LogP contribution in [0.25, 0.3) is 0 Å². The second kappa shape index (κ2) is 8.13. The normalized spacial score (nSPS) is 21.6. The first-order valence-electron chi connectivity index (χ1n) is 9.04. The van der Waals surface area contributed by atoms with Crippen molar-refractivity contribution in [3.8, 4) is 0 Å². The molecule has 136 valence electrons. The number of hydrogen-bond acceptors (Lipinski definition) is 3. The van der Waals surface area contributed by atoms with Gasteiger partial charge in [-0.2, -0.15) is 0 Å². The fourth-order valence-corrected chi connectivity index (χ4v) is 5.34. The van der Waals surface area contributed by atoms with Gasteiger partial charge < -0.3 is 9.80 Å². The van der Waals surface area contributed by atoms with Crippen LogP contribution in [-0.2, 0) is 26.8 Å². The van der Waals surface area contributed by atoms with Gasteiger partial charge in [0.05, 0.1) is 5.25 Å². The second-order valence-electron chi connectivity index (χ2n) is 6.80. The Morgan fingerprint density at radius 2 is 1.80 bits per heavy atom. The van der Waals surface area contributed by atoms with Gasteiger partial charge in [-0.15, -0.1) is 0 Å². The van der Waals surface area contributed by atoms with Gasteiger partial charge >= 0.3 is 0 Å². The Labute approximate surface area is 151 Å². The van der Waals surface area contributed by atoms with Crippen molar-refractivity contribution < 1.29 is 13.8 Å². The fraction of sp³-hybridized carbons (Fsp3) is 0.579. The molecule has 0 spiro atoms. The van der Waals surface area contributed by atoms with Crippen molar-refractivity contribution in [1.82, 2.24) is 9.80 Å². The van der Waals surface area contributed by atoms with Gasteiger partial charge in [-0.05, 0) is 30.4 Å². The van der Waals surface area contributed by atoms with Gasteiger partial charge in [0.15, 0.2) is 0 Å². The lowest BCUT2D eigenvalue weighted by molar-refractivity contribution is -0.138. The van der Waals surface area contributed by atoms with E-state index in [9.17, 15) is 13.8 Å². The Morgan fingerprint density at radius 3 is 2.52 bits per heavy atom. The maximum absolute atomic E-state index is 12.8. The number of hydrogen-bond donors (Lipinski definition) is 0. The van der Waals surface area contributed by atoms with E-state index < -0.39 is 10.8 Å². The number of piperazine rings is 1. The summed E-state index contributed by atoms with van der Waals surface area (Å²) in [6, 6.07) is 8.25. The molecular weight excluding hydrogens is 336 g/mol. The van der Waals surface area contributed by atoms with E-state index in [1.54, 1.807) is 16.7 Å². The molecule has 6 heteroatoms. The molecule has 1 saturated heterocycles. The van der Waals surface area contributed by atoms with Crippen molar-refractivity contribution in [2.75, 3.05) is 31.9 Å². The average Bonchev–Trinajstić information content (AvgIpc) is 2.65. The molecule has 5 nitrogen and oxygen atoms in total. The van der Waals surface area contributed by atoms with E-state index in [1.807, 2.05) is 12.1 Å². The Bertz CT molecular complexity index is 668. The van der Waals surface area contributed by atoms with Crippen LogP contribution in [0.1, 0.15) is 42.6 Å². The molecule has 1 fully saturated rings. The maximum atomic E-state index is 12.8. The Kier molecular flexibility index (Phi) is 5.89. The van der Waals surface area contributed by atoms with Gasteiger partial charge in [-0.25, -0.2) is 0 Å². The van der Waals surface area contributed by atoms with Gasteiger partial charge in [0.2, 0.25) is 11.8 Å². The number of amides is 2. The molecule has 25 heavy (non-hydrogen) atoms. The van der Waals surface area contributed by atoms with Crippen molar-refractivity contribution >= 4 is 22.6 Å². The lowest BCUT2D eigenvalue weighted by Crippen LogP contribution is -2.50. The Balaban J connectivity index is 1.51. The van der Waals surface area contributed by atoms with Crippen molar-refractivity contribution in [1.29, 1.82) is 0 Å². The minimum atomic E-state index is -1.02. The van der Waals surface area contributed by atoms with Crippen LogP contribution >= 0.6 is 0 Å².